The third kappa shape index (κ3) is 2.85. The number of anilines is 1. The lowest BCUT2D eigenvalue weighted by Crippen LogP contribution is -2.14. The first kappa shape index (κ1) is 15.3. The van der Waals surface area contributed by atoms with Crippen molar-refractivity contribution in [1.82, 2.24) is 14.5 Å². The number of aromatic nitrogens is 3. The standard InChI is InChI=1S/C20H18N4O/c1-13-22-17-11-14(8-9-18(17)24(13)2)12-19(25)23-16-7-3-5-15-6-4-10-21-20(15)16/h3-11H,12H2,1-2H3,(H,23,25). The highest BCUT2D eigenvalue weighted by Gasteiger charge is 2.10. The lowest BCUT2D eigenvalue weighted by Gasteiger charge is -2.08. The van der Waals surface area contributed by atoms with Crippen LogP contribution in [-0.4, -0.2) is 20.4 Å². The molecule has 124 valence electrons. The number of nitrogens with one attached hydrogen (secondary N) is 1. The third-order valence-corrected chi connectivity index (χ3v) is 4.44. The van der Waals surface area contributed by atoms with Gasteiger partial charge in [-0.2, -0.15) is 0 Å². The maximum atomic E-state index is 12.5. The van der Waals surface area contributed by atoms with E-state index in [9.17, 15) is 4.79 Å². The molecule has 0 bridgehead atoms. The van der Waals surface area contributed by atoms with Gasteiger partial charge in [0.05, 0.1) is 28.7 Å². The number of rotatable bonds is 3. The number of para-hydroxylation sites is 1. The van der Waals surface area contributed by atoms with E-state index in [2.05, 4.69) is 15.3 Å². The first-order chi connectivity index (χ1) is 12.1. The number of pyridine rings is 1. The maximum absolute atomic E-state index is 12.5. The van der Waals surface area contributed by atoms with Gasteiger partial charge in [0.2, 0.25) is 5.91 Å². The Hall–Kier alpha value is -3.21. The Morgan fingerprint density at radius 1 is 1.16 bits per heavy atom. The van der Waals surface area contributed by atoms with Gasteiger partial charge in [0.25, 0.3) is 0 Å². The molecule has 25 heavy (non-hydrogen) atoms. The van der Waals surface area contributed by atoms with Crippen LogP contribution in [0.3, 0.4) is 0 Å². The number of hydrogen-bond acceptors (Lipinski definition) is 3. The molecule has 0 fully saturated rings. The Balaban J connectivity index is 1.57. The normalized spacial score (nSPS) is 11.1. The summed E-state index contributed by atoms with van der Waals surface area (Å²) >= 11 is 0. The minimum Gasteiger partial charge on any atom is -0.331 e. The van der Waals surface area contributed by atoms with Gasteiger partial charge in [0, 0.05) is 18.6 Å². The lowest BCUT2D eigenvalue weighted by atomic mass is 10.1. The van der Waals surface area contributed by atoms with E-state index < -0.39 is 0 Å². The van der Waals surface area contributed by atoms with Gasteiger partial charge < -0.3 is 9.88 Å². The van der Waals surface area contributed by atoms with Crippen molar-refractivity contribution in [3.8, 4) is 0 Å². The van der Waals surface area contributed by atoms with E-state index >= 15 is 0 Å². The van der Waals surface area contributed by atoms with Crippen LogP contribution in [0.5, 0.6) is 0 Å². The van der Waals surface area contributed by atoms with Crippen LogP contribution in [0.1, 0.15) is 11.4 Å². The fourth-order valence-corrected chi connectivity index (χ4v) is 3.06. The average molecular weight is 330 g/mol. The highest BCUT2D eigenvalue weighted by Crippen LogP contribution is 2.21. The topological polar surface area (TPSA) is 59.8 Å². The molecule has 0 atom stereocenters. The van der Waals surface area contributed by atoms with E-state index in [-0.39, 0.29) is 5.91 Å². The number of benzene rings is 2. The zero-order chi connectivity index (χ0) is 17.4. The largest absolute Gasteiger partial charge is 0.331 e. The molecule has 0 saturated heterocycles. The summed E-state index contributed by atoms with van der Waals surface area (Å²) in [5.41, 5.74) is 4.46. The van der Waals surface area contributed by atoms with E-state index in [0.717, 1.165) is 39.0 Å². The van der Waals surface area contributed by atoms with Gasteiger partial charge in [-0.15, -0.1) is 0 Å². The van der Waals surface area contributed by atoms with E-state index in [1.54, 1.807) is 6.20 Å². The Labute approximate surface area is 145 Å². The van der Waals surface area contributed by atoms with Crippen molar-refractivity contribution < 1.29 is 4.79 Å². The van der Waals surface area contributed by atoms with Gasteiger partial charge in [0.1, 0.15) is 5.82 Å². The SMILES string of the molecule is Cc1nc2cc(CC(=O)Nc3cccc4cccnc34)ccc2n1C. The van der Waals surface area contributed by atoms with Crippen LogP contribution in [0.15, 0.2) is 54.7 Å². The molecule has 0 unspecified atom stereocenters. The summed E-state index contributed by atoms with van der Waals surface area (Å²) in [6, 6.07) is 15.6. The van der Waals surface area contributed by atoms with Crippen LogP contribution in [0.4, 0.5) is 5.69 Å². The van der Waals surface area contributed by atoms with Crippen molar-refractivity contribution >= 4 is 33.5 Å². The van der Waals surface area contributed by atoms with Gasteiger partial charge in [0.15, 0.2) is 0 Å². The molecule has 5 nitrogen and oxygen atoms in total. The zero-order valence-electron chi connectivity index (χ0n) is 14.2. The second-order valence-electron chi connectivity index (χ2n) is 6.15. The smallest absolute Gasteiger partial charge is 0.228 e. The molecule has 0 aliphatic heterocycles. The summed E-state index contributed by atoms with van der Waals surface area (Å²) in [4.78, 5) is 21.4. The minimum absolute atomic E-state index is 0.0647. The van der Waals surface area contributed by atoms with E-state index in [0.29, 0.717) is 6.42 Å². The molecule has 0 aliphatic rings. The quantitative estimate of drug-likeness (QED) is 0.624. The van der Waals surface area contributed by atoms with E-state index in [4.69, 9.17) is 0 Å². The summed E-state index contributed by atoms with van der Waals surface area (Å²) < 4.78 is 2.04. The molecule has 5 heteroatoms. The maximum Gasteiger partial charge on any atom is 0.228 e. The number of nitrogens with zero attached hydrogens (tertiary/aromatic N) is 3. The second kappa shape index (κ2) is 6.02. The van der Waals surface area contributed by atoms with Gasteiger partial charge in [-0.1, -0.05) is 24.3 Å². The Morgan fingerprint density at radius 2 is 2.00 bits per heavy atom. The zero-order valence-corrected chi connectivity index (χ0v) is 14.2. The van der Waals surface area contributed by atoms with Gasteiger partial charge >= 0.3 is 0 Å². The molecule has 4 rings (SSSR count). The number of hydrogen-bond donors (Lipinski definition) is 1. The minimum atomic E-state index is -0.0647. The number of fused-ring (bicyclic) bond motifs is 2. The van der Waals surface area contributed by atoms with Crippen molar-refractivity contribution in [1.29, 1.82) is 0 Å². The highest BCUT2D eigenvalue weighted by molar-refractivity contribution is 6.01. The van der Waals surface area contributed by atoms with Crippen molar-refractivity contribution in [2.75, 3.05) is 5.32 Å². The molecule has 1 amide bonds. The summed E-state index contributed by atoms with van der Waals surface area (Å²) in [5, 5.41) is 3.98. The predicted octanol–water partition coefficient (Wildman–Crippen LogP) is 3.61. The fourth-order valence-electron chi connectivity index (χ4n) is 3.06. The van der Waals surface area contributed by atoms with Crippen molar-refractivity contribution in [2.24, 2.45) is 7.05 Å². The van der Waals surface area contributed by atoms with Crippen molar-refractivity contribution in [3.05, 3.63) is 66.1 Å². The van der Waals surface area contributed by atoms with Crippen LogP contribution < -0.4 is 5.32 Å². The Kier molecular flexibility index (Phi) is 3.69. The summed E-state index contributed by atoms with van der Waals surface area (Å²) in [5.74, 6) is 0.892. The molecule has 1 N–H and O–H groups in total. The van der Waals surface area contributed by atoms with Crippen LogP contribution in [0.2, 0.25) is 0 Å². The Bertz CT molecular complexity index is 1090. The van der Waals surface area contributed by atoms with Crippen LogP contribution in [-0.2, 0) is 18.3 Å². The predicted molar refractivity (Wildman–Crippen MR) is 99.5 cm³/mol. The van der Waals surface area contributed by atoms with Gasteiger partial charge in [-0.3, -0.25) is 9.78 Å². The number of carbonyl (C=O) groups excluding carboxylic acids is 1. The van der Waals surface area contributed by atoms with E-state index in [1.165, 1.54) is 0 Å². The fraction of sp³-hybridized carbons (Fsp3) is 0.150. The van der Waals surface area contributed by atoms with Crippen molar-refractivity contribution in [3.63, 3.8) is 0 Å². The van der Waals surface area contributed by atoms with Crippen LogP contribution in [0.25, 0.3) is 21.9 Å². The summed E-state index contributed by atoms with van der Waals surface area (Å²) in [6.07, 6.45) is 2.03. The van der Waals surface area contributed by atoms with Crippen molar-refractivity contribution in [2.45, 2.75) is 13.3 Å². The first-order valence-corrected chi connectivity index (χ1v) is 8.17. The number of imidazole rings is 1. The molecule has 0 aliphatic carbocycles. The molecule has 2 heterocycles. The molecule has 0 saturated carbocycles. The van der Waals surface area contributed by atoms with Gasteiger partial charge in [-0.05, 0) is 36.8 Å². The van der Waals surface area contributed by atoms with Crippen LogP contribution in [0, 0.1) is 6.92 Å². The first-order valence-electron chi connectivity index (χ1n) is 8.17. The summed E-state index contributed by atoms with van der Waals surface area (Å²) in [7, 11) is 1.99. The molecule has 0 radical (unpaired) electrons. The van der Waals surface area contributed by atoms with Crippen LogP contribution >= 0.6 is 0 Å². The third-order valence-electron chi connectivity index (χ3n) is 4.44. The molecule has 4 aromatic rings. The molecular weight excluding hydrogens is 312 g/mol. The monoisotopic (exact) mass is 330 g/mol. The molecule has 0 spiro atoms. The molecule has 2 aromatic heterocycles. The number of carbonyl (C=O) groups is 1. The second-order valence-corrected chi connectivity index (χ2v) is 6.15. The van der Waals surface area contributed by atoms with E-state index in [1.807, 2.05) is 67.1 Å². The molecular formula is C20H18N4O. The lowest BCUT2D eigenvalue weighted by molar-refractivity contribution is -0.115. The Morgan fingerprint density at radius 3 is 2.88 bits per heavy atom. The van der Waals surface area contributed by atoms with Gasteiger partial charge in [-0.25, -0.2) is 4.98 Å². The molecule has 2 aromatic carbocycles. The summed E-state index contributed by atoms with van der Waals surface area (Å²) in [6.45, 7) is 1.97. The average Bonchev–Trinajstić information content (AvgIpc) is 2.89. The highest BCUT2D eigenvalue weighted by atomic mass is 16.1. The number of aryl methyl sites for hydroxylation is 2. The number of amides is 1.